The second kappa shape index (κ2) is 3.92. The monoisotopic (exact) mass is 287 g/mol. The van der Waals surface area contributed by atoms with Gasteiger partial charge in [-0.15, -0.1) is 22.7 Å². The summed E-state index contributed by atoms with van der Waals surface area (Å²) < 4.78 is 0.848. The van der Waals surface area contributed by atoms with E-state index in [0.29, 0.717) is 4.88 Å². The maximum atomic E-state index is 10.6. The molecular formula is C9H6BrNOS2. The Balaban J connectivity index is 2.47. The maximum absolute atomic E-state index is 10.6. The lowest BCUT2D eigenvalue weighted by atomic mass is 10.4. The molecule has 0 saturated carbocycles. The summed E-state index contributed by atoms with van der Waals surface area (Å²) in [5, 5.41) is 0.973. The molecule has 0 fully saturated rings. The van der Waals surface area contributed by atoms with Crippen LogP contribution >= 0.6 is 38.6 Å². The first-order valence-electron chi connectivity index (χ1n) is 3.88. The fourth-order valence-corrected chi connectivity index (χ4v) is 3.44. The quantitative estimate of drug-likeness (QED) is 0.788. The van der Waals surface area contributed by atoms with Crippen LogP contribution < -0.4 is 0 Å². The molecule has 5 heteroatoms. The third-order valence-corrected chi connectivity index (χ3v) is 4.71. The summed E-state index contributed by atoms with van der Waals surface area (Å²) in [5.41, 5.74) is 0. The van der Waals surface area contributed by atoms with Crippen LogP contribution in [0.3, 0.4) is 0 Å². The molecule has 72 valence electrons. The number of thiazole rings is 1. The minimum absolute atomic E-state index is 0.716. The summed E-state index contributed by atoms with van der Waals surface area (Å²) in [6.45, 7) is 2.02. The number of aldehydes is 1. The van der Waals surface area contributed by atoms with Crippen LogP contribution in [0, 0.1) is 6.92 Å². The van der Waals surface area contributed by atoms with E-state index < -0.39 is 0 Å². The maximum Gasteiger partial charge on any atom is 0.161 e. The highest BCUT2D eigenvalue weighted by Crippen LogP contribution is 2.35. The van der Waals surface area contributed by atoms with Crippen molar-refractivity contribution in [3.63, 3.8) is 0 Å². The summed E-state index contributed by atoms with van der Waals surface area (Å²) in [5.74, 6) is 0. The van der Waals surface area contributed by atoms with Crippen LogP contribution in [0.2, 0.25) is 0 Å². The van der Waals surface area contributed by atoms with Gasteiger partial charge in [0.15, 0.2) is 6.29 Å². The number of rotatable bonds is 2. The van der Waals surface area contributed by atoms with E-state index >= 15 is 0 Å². The zero-order valence-corrected chi connectivity index (χ0v) is 10.5. The molecule has 0 aliphatic rings. The van der Waals surface area contributed by atoms with E-state index in [9.17, 15) is 4.79 Å². The number of carbonyl (C=O) groups is 1. The molecule has 2 rings (SSSR count). The number of halogens is 1. The standard InChI is InChI=1S/C9H6BrNOS2/c1-5-3-11-9(13-5)7-2-6(10)8(4-12)14-7/h2-4H,1H3. The first kappa shape index (κ1) is 10.0. The van der Waals surface area contributed by atoms with Gasteiger partial charge >= 0.3 is 0 Å². The highest BCUT2D eigenvalue weighted by Gasteiger charge is 2.10. The molecule has 2 heterocycles. The molecule has 0 unspecified atom stereocenters. The third kappa shape index (κ3) is 1.80. The van der Waals surface area contributed by atoms with E-state index in [1.165, 1.54) is 16.2 Å². The summed E-state index contributed by atoms with van der Waals surface area (Å²) in [6.07, 6.45) is 2.70. The van der Waals surface area contributed by atoms with Gasteiger partial charge in [0.2, 0.25) is 0 Å². The zero-order chi connectivity index (χ0) is 10.1. The van der Waals surface area contributed by atoms with Crippen LogP contribution in [0.5, 0.6) is 0 Å². The molecule has 0 N–H and O–H groups in total. The number of thiophene rings is 1. The lowest BCUT2D eigenvalue weighted by Crippen LogP contribution is -1.67. The predicted molar refractivity (Wildman–Crippen MR) is 63.3 cm³/mol. The van der Waals surface area contributed by atoms with Crippen molar-refractivity contribution >= 4 is 44.9 Å². The average molecular weight is 288 g/mol. The Labute approximate surface area is 97.7 Å². The molecule has 2 nitrogen and oxygen atoms in total. The molecule has 0 spiro atoms. The van der Waals surface area contributed by atoms with Gasteiger partial charge in [0, 0.05) is 15.5 Å². The second-order valence-electron chi connectivity index (χ2n) is 2.72. The fraction of sp³-hybridized carbons (Fsp3) is 0.111. The molecule has 0 amide bonds. The van der Waals surface area contributed by atoms with Crippen molar-refractivity contribution in [2.24, 2.45) is 0 Å². The van der Waals surface area contributed by atoms with Crippen molar-refractivity contribution < 1.29 is 4.79 Å². The van der Waals surface area contributed by atoms with Crippen LogP contribution in [0.4, 0.5) is 0 Å². The molecule has 0 radical (unpaired) electrons. The first-order chi connectivity index (χ1) is 6.70. The summed E-state index contributed by atoms with van der Waals surface area (Å²) in [4.78, 5) is 17.8. The Morgan fingerprint density at radius 2 is 2.29 bits per heavy atom. The SMILES string of the molecule is Cc1cnc(-c2cc(Br)c(C=O)s2)s1. The highest BCUT2D eigenvalue weighted by atomic mass is 79.9. The van der Waals surface area contributed by atoms with Gasteiger partial charge in [-0.2, -0.15) is 0 Å². The molecule has 0 aliphatic heterocycles. The van der Waals surface area contributed by atoms with Gasteiger partial charge in [0.25, 0.3) is 0 Å². The Hall–Kier alpha value is -0.520. The number of nitrogens with zero attached hydrogens (tertiary/aromatic N) is 1. The summed E-state index contributed by atoms with van der Waals surface area (Å²) >= 11 is 6.43. The molecular weight excluding hydrogens is 282 g/mol. The van der Waals surface area contributed by atoms with Gasteiger partial charge in [-0.25, -0.2) is 4.98 Å². The highest BCUT2D eigenvalue weighted by molar-refractivity contribution is 9.10. The number of hydrogen-bond acceptors (Lipinski definition) is 4. The number of carbonyl (C=O) groups excluding carboxylic acids is 1. The first-order valence-corrected chi connectivity index (χ1v) is 6.30. The van der Waals surface area contributed by atoms with Gasteiger partial charge in [-0.3, -0.25) is 4.79 Å². The lowest BCUT2D eigenvalue weighted by Gasteiger charge is -1.84. The lowest BCUT2D eigenvalue weighted by molar-refractivity contribution is 0.112. The Bertz CT molecular complexity index is 475. The normalized spacial score (nSPS) is 10.4. The fourth-order valence-electron chi connectivity index (χ4n) is 1.04. The molecule has 14 heavy (non-hydrogen) atoms. The van der Waals surface area contributed by atoms with Crippen LogP contribution in [0.1, 0.15) is 14.5 Å². The molecule has 0 aliphatic carbocycles. The smallest absolute Gasteiger partial charge is 0.161 e. The van der Waals surface area contributed by atoms with Crippen LogP contribution in [0.15, 0.2) is 16.7 Å². The van der Waals surface area contributed by atoms with E-state index in [-0.39, 0.29) is 0 Å². The van der Waals surface area contributed by atoms with Crippen molar-refractivity contribution in [1.29, 1.82) is 0 Å². The second-order valence-corrected chi connectivity index (χ2v) is 5.89. The molecule has 0 saturated heterocycles. The van der Waals surface area contributed by atoms with Gasteiger partial charge in [-0.1, -0.05) is 0 Å². The van der Waals surface area contributed by atoms with Crippen LogP contribution in [-0.2, 0) is 0 Å². The number of hydrogen-bond donors (Lipinski definition) is 0. The largest absolute Gasteiger partial charge is 0.297 e. The summed E-state index contributed by atoms with van der Waals surface area (Å²) in [7, 11) is 0. The van der Waals surface area contributed by atoms with E-state index in [2.05, 4.69) is 20.9 Å². The minimum Gasteiger partial charge on any atom is -0.297 e. The van der Waals surface area contributed by atoms with E-state index in [1.54, 1.807) is 11.3 Å². The molecule has 0 bridgehead atoms. The molecule has 2 aromatic rings. The van der Waals surface area contributed by atoms with Gasteiger partial charge < -0.3 is 0 Å². The van der Waals surface area contributed by atoms with Crippen molar-refractivity contribution in [1.82, 2.24) is 4.98 Å². The Morgan fingerprint density at radius 1 is 1.50 bits per heavy atom. The molecule has 2 aromatic heterocycles. The van der Waals surface area contributed by atoms with Crippen LogP contribution in [-0.4, -0.2) is 11.3 Å². The Morgan fingerprint density at radius 3 is 2.79 bits per heavy atom. The van der Waals surface area contributed by atoms with Crippen molar-refractivity contribution in [2.75, 3.05) is 0 Å². The van der Waals surface area contributed by atoms with Crippen molar-refractivity contribution in [3.8, 4) is 9.88 Å². The van der Waals surface area contributed by atoms with Crippen molar-refractivity contribution in [2.45, 2.75) is 6.92 Å². The Kier molecular flexibility index (Phi) is 2.80. The van der Waals surface area contributed by atoms with Gasteiger partial charge in [0.1, 0.15) is 5.01 Å². The number of aryl methyl sites for hydroxylation is 1. The van der Waals surface area contributed by atoms with Crippen molar-refractivity contribution in [3.05, 3.63) is 26.5 Å². The molecule has 0 atom stereocenters. The van der Waals surface area contributed by atoms with E-state index in [1.807, 2.05) is 19.2 Å². The minimum atomic E-state index is 0.716. The predicted octanol–water partition coefficient (Wildman–Crippen LogP) is 3.76. The van der Waals surface area contributed by atoms with Crippen LogP contribution in [0.25, 0.3) is 9.88 Å². The van der Waals surface area contributed by atoms with Gasteiger partial charge in [0.05, 0.1) is 9.75 Å². The number of aromatic nitrogens is 1. The van der Waals surface area contributed by atoms with E-state index in [0.717, 1.165) is 20.6 Å². The summed E-state index contributed by atoms with van der Waals surface area (Å²) in [6, 6.07) is 1.94. The topological polar surface area (TPSA) is 30.0 Å². The van der Waals surface area contributed by atoms with Gasteiger partial charge in [-0.05, 0) is 28.9 Å². The molecule has 0 aromatic carbocycles. The third-order valence-electron chi connectivity index (χ3n) is 1.65. The van der Waals surface area contributed by atoms with E-state index in [4.69, 9.17) is 0 Å². The zero-order valence-electron chi connectivity index (χ0n) is 7.28. The average Bonchev–Trinajstić information content (AvgIpc) is 2.71.